The van der Waals surface area contributed by atoms with Crippen LogP contribution in [0.2, 0.25) is 0 Å². The van der Waals surface area contributed by atoms with Gasteiger partial charge in [0.15, 0.2) is 0 Å². The summed E-state index contributed by atoms with van der Waals surface area (Å²) in [5.74, 6) is 0. The highest BCUT2D eigenvalue weighted by Crippen LogP contribution is 2.29. The number of aryl methyl sites for hydroxylation is 2. The van der Waals surface area contributed by atoms with Crippen LogP contribution >= 0.6 is 11.3 Å². The molecule has 0 atom stereocenters. The summed E-state index contributed by atoms with van der Waals surface area (Å²) in [5.41, 5.74) is 4.68. The van der Waals surface area contributed by atoms with Gasteiger partial charge in [-0.15, -0.1) is 0 Å². The van der Waals surface area contributed by atoms with Gasteiger partial charge >= 0.3 is 0 Å². The van der Waals surface area contributed by atoms with E-state index in [-0.39, 0.29) is 0 Å². The van der Waals surface area contributed by atoms with Crippen LogP contribution in [0.25, 0.3) is 0 Å². The van der Waals surface area contributed by atoms with Crippen LogP contribution < -0.4 is 0 Å². The molecular formula is C19H20N4S. The van der Waals surface area contributed by atoms with E-state index in [0.717, 1.165) is 26.8 Å². The van der Waals surface area contributed by atoms with Crippen molar-refractivity contribution in [3.8, 4) is 6.07 Å². The van der Waals surface area contributed by atoms with Crippen LogP contribution in [0.15, 0.2) is 65.1 Å². The molecule has 0 aliphatic carbocycles. The Labute approximate surface area is 147 Å². The summed E-state index contributed by atoms with van der Waals surface area (Å²) in [6.07, 6.45) is 7.34. The molecular weight excluding hydrogens is 316 g/mol. The Morgan fingerprint density at radius 1 is 1.42 bits per heavy atom. The second kappa shape index (κ2) is 7.24. The number of nitrogens with zero attached hydrogens (tertiary/aromatic N) is 4. The monoisotopic (exact) mass is 336 g/mol. The van der Waals surface area contributed by atoms with Gasteiger partial charge in [-0.2, -0.15) is 5.26 Å². The zero-order chi connectivity index (χ0) is 17.9. The largest absolute Gasteiger partial charge is 0.323 e. The molecule has 1 aromatic rings. The Bertz CT molecular complexity index is 852. The van der Waals surface area contributed by atoms with E-state index in [1.54, 1.807) is 12.2 Å². The molecule has 2 heterocycles. The predicted molar refractivity (Wildman–Crippen MR) is 101 cm³/mol. The average molecular weight is 336 g/mol. The highest BCUT2D eigenvalue weighted by atomic mass is 32.1. The van der Waals surface area contributed by atoms with Gasteiger partial charge in [0.05, 0.1) is 27.7 Å². The zero-order valence-electron chi connectivity index (χ0n) is 14.4. The lowest BCUT2D eigenvalue weighted by atomic mass is 10.0. The first-order valence-electron chi connectivity index (χ1n) is 7.47. The van der Waals surface area contributed by atoms with Crippen molar-refractivity contribution in [2.75, 3.05) is 0 Å². The lowest BCUT2D eigenvalue weighted by molar-refractivity contribution is 0.631. The summed E-state index contributed by atoms with van der Waals surface area (Å²) >= 11 is 1.54. The van der Waals surface area contributed by atoms with Gasteiger partial charge in [-0.25, -0.2) is 9.98 Å². The first kappa shape index (κ1) is 17.6. The Kier molecular flexibility index (Phi) is 5.32. The lowest BCUT2D eigenvalue weighted by Gasteiger charge is -2.24. The molecule has 0 saturated heterocycles. The summed E-state index contributed by atoms with van der Waals surface area (Å²) in [5, 5.41) is 11.2. The Balaban J connectivity index is 2.53. The van der Waals surface area contributed by atoms with Crippen LogP contribution in [0.1, 0.15) is 24.5 Å². The van der Waals surface area contributed by atoms with E-state index in [9.17, 15) is 5.26 Å². The van der Waals surface area contributed by atoms with Gasteiger partial charge in [0.25, 0.3) is 0 Å². The molecule has 122 valence electrons. The maximum Gasteiger partial charge on any atom is 0.139 e. The van der Waals surface area contributed by atoms with E-state index >= 15 is 0 Å². The van der Waals surface area contributed by atoms with Gasteiger partial charge in [-0.05, 0) is 39.8 Å². The van der Waals surface area contributed by atoms with E-state index in [2.05, 4.69) is 29.2 Å². The van der Waals surface area contributed by atoms with Crippen LogP contribution in [0.5, 0.6) is 0 Å². The van der Waals surface area contributed by atoms with E-state index in [0.29, 0.717) is 17.0 Å². The standard InChI is InChI=1S/C19H20N4S/c1-7-18(22-19-13(4)21-15(6)24-19)17-8-16(9-20)14(5)23(11-17)10-12(2)3/h7-8,10-11H,1,5H2,2-4,6H3/b22-18+. The van der Waals surface area contributed by atoms with Crippen LogP contribution in [0, 0.1) is 25.2 Å². The maximum atomic E-state index is 9.40. The second-order valence-electron chi connectivity index (χ2n) is 5.64. The third-order valence-corrected chi connectivity index (χ3v) is 4.28. The number of aromatic nitrogens is 1. The normalized spacial score (nSPS) is 14.7. The molecule has 0 spiro atoms. The SMILES string of the molecule is C=C/C(=N\c1sc(C)nc1C)C1=CN(C=C(C)C)C(=C)C(C#N)=C1. The van der Waals surface area contributed by atoms with Gasteiger partial charge in [0.2, 0.25) is 0 Å². The quantitative estimate of drug-likeness (QED) is 0.718. The smallest absolute Gasteiger partial charge is 0.139 e. The third-order valence-electron chi connectivity index (χ3n) is 3.31. The zero-order valence-corrected chi connectivity index (χ0v) is 15.2. The summed E-state index contributed by atoms with van der Waals surface area (Å²) in [4.78, 5) is 10.9. The molecule has 1 aromatic heterocycles. The molecule has 1 aliphatic heterocycles. The molecule has 2 rings (SSSR count). The van der Waals surface area contributed by atoms with E-state index in [1.165, 1.54) is 11.3 Å². The number of thiazole rings is 1. The number of rotatable bonds is 4. The van der Waals surface area contributed by atoms with Crippen molar-refractivity contribution in [2.45, 2.75) is 27.7 Å². The Hall–Kier alpha value is -2.71. The van der Waals surface area contributed by atoms with E-state index in [4.69, 9.17) is 0 Å². The number of aliphatic imine (C=N–C) groups is 1. The Morgan fingerprint density at radius 2 is 2.12 bits per heavy atom. The molecule has 0 unspecified atom stereocenters. The van der Waals surface area contributed by atoms with Crippen molar-refractivity contribution in [1.82, 2.24) is 9.88 Å². The van der Waals surface area contributed by atoms with Gasteiger partial charge < -0.3 is 4.90 Å². The van der Waals surface area contributed by atoms with Crippen molar-refractivity contribution in [3.63, 3.8) is 0 Å². The minimum atomic E-state index is 0.511. The predicted octanol–water partition coefficient (Wildman–Crippen LogP) is 5.11. The highest BCUT2D eigenvalue weighted by molar-refractivity contribution is 7.15. The molecule has 1 aliphatic rings. The second-order valence-corrected chi connectivity index (χ2v) is 6.82. The van der Waals surface area contributed by atoms with Gasteiger partial charge in [0.1, 0.15) is 11.1 Å². The summed E-state index contributed by atoms with van der Waals surface area (Å²) in [6.45, 7) is 15.8. The number of allylic oxidation sites excluding steroid dienone is 5. The van der Waals surface area contributed by atoms with Crippen molar-refractivity contribution < 1.29 is 0 Å². The van der Waals surface area contributed by atoms with Gasteiger partial charge in [0, 0.05) is 18.0 Å². The van der Waals surface area contributed by atoms with E-state index in [1.807, 2.05) is 45.0 Å². The number of hydrogen-bond donors (Lipinski definition) is 0. The Morgan fingerprint density at radius 3 is 2.62 bits per heavy atom. The average Bonchev–Trinajstić information content (AvgIpc) is 2.84. The van der Waals surface area contributed by atoms with Crippen molar-refractivity contribution in [1.29, 1.82) is 5.26 Å². The molecule has 5 heteroatoms. The molecule has 0 bridgehead atoms. The minimum absolute atomic E-state index is 0.511. The first-order valence-corrected chi connectivity index (χ1v) is 8.29. The molecule has 0 aromatic carbocycles. The van der Waals surface area contributed by atoms with Crippen LogP contribution in [0.3, 0.4) is 0 Å². The van der Waals surface area contributed by atoms with Crippen LogP contribution in [-0.4, -0.2) is 15.6 Å². The molecule has 4 nitrogen and oxygen atoms in total. The first-order chi connectivity index (χ1) is 11.3. The summed E-state index contributed by atoms with van der Waals surface area (Å²) in [7, 11) is 0. The molecule has 0 amide bonds. The third kappa shape index (κ3) is 3.79. The minimum Gasteiger partial charge on any atom is -0.323 e. The molecule has 0 fully saturated rings. The van der Waals surface area contributed by atoms with E-state index < -0.39 is 0 Å². The van der Waals surface area contributed by atoms with Crippen molar-refractivity contribution >= 4 is 22.0 Å². The molecule has 0 saturated carbocycles. The van der Waals surface area contributed by atoms with Crippen LogP contribution in [0.4, 0.5) is 5.00 Å². The fourth-order valence-electron chi connectivity index (χ4n) is 2.23. The van der Waals surface area contributed by atoms with Crippen LogP contribution in [-0.2, 0) is 0 Å². The summed E-state index contributed by atoms with van der Waals surface area (Å²) in [6, 6.07) is 2.20. The number of hydrogen-bond acceptors (Lipinski definition) is 5. The highest BCUT2D eigenvalue weighted by Gasteiger charge is 2.17. The molecule has 0 N–H and O–H groups in total. The fraction of sp³-hybridized carbons (Fsp3) is 0.211. The topological polar surface area (TPSA) is 52.3 Å². The summed E-state index contributed by atoms with van der Waals surface area (Å²) < 4.78 is 0. The fourth-order valence-corrected chi connectivity index (χ4v) is 3.03. The van der Waals surface area contributed by atoms with Crippen molar-refractivity contribution in [2.24, 2.45) is 4.99 Å². The van der Waals surface area contributed by atoms with Crippen molar-refractivity contribution in [3.05, 3.63) is 70.8 Å². The number of nitriles is 1. The van der Waals surface area contributed by atoms with Gasteiger partial charge in [-0.3, -0.25) is 0 Å². The maximum absolute atomic E-state index is 9.40. The lowest BCUT2D eigenvalue weighted by Crippen LogP contribution is -2.17. The molecule has 24 heavy (non-hydrogen) atoms. The molecule has 0 radical (unpaired) electrons. The van der Waals surface area contributed by atoms with Gasteiger partial charge in [-0.1, -0.05) is 30.1 Å².